The Bertz CT molecular complexity index is 284. The van der Waals surface area contributed by atoms with Crippen molar-refractivity contribution in [1.82, 2.24) is 10.6 Å². The highest BCUT2D eigenvalue weighted by atomic mass is 32.2. The standard InChI is InChI=1S/C13H26N2O2S/c1-3-18(17)12-7-4-6-11(10-12)15-13(16)8-5-9-14-2/h11-12,14H,3-10H2,1-2H3,(H,15,16). The zero-order chi connectivity index (χ0) is 13.4. The summed E-state index contributed by atoms with van der Waals surface area (Å²) in [6.07, 6.45) is 5.51. The molecule has 0 spiro atoms. The van der Waals surface area contributed by atoms with E-state index in [1.807, 2.05) is 14.0 Å². The molecule has 3 unspecified atom stereocenters. The van der Waals surface area contributed by atoms with Gasteiger partial charge in [0.25, 0.3) is 0 Å². The van der Waals surface area contributed by atoms with Gasteiger partial charge in [-0.1, -0.05) is 13.3 Å². The van der Waals surface area contributed by atoms with Crippen LogP contribution in [0.3, 0.4) is 0 Å². The third kappa shape index (κ3) is 5.48. The first-order valence-electron chi connectivity index (χ1n) is 6.98. The second kappa shape index (κ2) is 8.64. The van der Waals surface area contributed by atoms with Crippen molar-refractivity contribution in [3.63, 3.8) is 0 Å². The molecule has 1 saturated carbocycles. The molecule has 1 rings (SSSR count). The fraction of sp³-hybridized carbons (Fsp3) is 0.923. The maximum Gasteiger partial charge on any atom is 0.220 e. The zero-order valence-electron chi connectivity index (χ0n) is 11.5. The fourth-order valence-corrected chi connectivity index (χ4v) is 3.82. The molecular weight excluding hydrogens is 248 g/mol. The van der Waals surface area contributed by atoms with E-state index in [-0.39, 0.29) is 17.2 Å². The van der Waals surface area contributed by atoms with Crippen molar-refractivity contribution in [3.8, 4) is 0 Å². The normalized spacial score (nSPS) is 25.7. The van der Waals surface area contributed by atoms with Crippen LogP contribution >= 0.6 is 0 Å². The predicted octanol–water partition coefficient (Wildman–Crippen LogP) is 1.18. The summed E-state index contributed by atoms with van der Waals surface area (Å²) in [7, 11) is 1.18. The van der Waals surface area contributed by atoms with Gasteiger partial charge in [0.1, 0.15) is 0 Å². The number of hydrogen-bond acceptors (Lipinski definition) is 3. The molecule has 1 aliphatic carbocycles. The molecule has 0 aliphatic heterocycles. The summed E-state index contributed by atoms with van der Waals surface area (Å²) >= 11 is 0. The smallest absolute Gasteiger partial charge is 0.220 e. The van der Waals surface area contributed by atoms with Crippen LogP contribution in [0.1, 0.15) is 45.4 Å². The molecule has 3 atom stereocenters. The number of carbonyl (C=O) groups is 1. The fourth-order valence-electron chi connectivity index (χ4n) is 2.48. The van der Waals surface area contributed by atoms with Crippen molar-refractivity contribution in [2.75, 3.05) is 19.3 Å². The van der Waals surface area contributed by atoms with Crippen molar-refractivity contribution in [2.45, 2.75) is 56.7 Å². The Labute approximate surface area is 113 Å². The second-order valence-corrected chi connectivity index (χ2v) is 6.94. The van der Waals surface area contributed by atoms with Gasteiger partial charge in [-0.3, -0.25) is 9.00 Å². The largest absolute Gasteiger partial charge is 0.353 e. The van der Waals surface area contributed by atoms with Crippen LogP contribution in [0.15, 0.2) is 0 Å². The number of nitrogens with one attached hydrogen (secondary N) is 2. The molecule has 106 valence electrons. The summed E-state index contributed by atoms with van der Waals surface area (Å²) in [5, 5.41) is 6.41. The van der Waals surface area contributed by atoms with Gasteiger partial charge in [0, 0.05) is 34.3 Å². The summed E-state index contributed by atoms with van der Waals surface area (Å²) in [4.78, 5) is 11.7. The van der Waals surface area contributed by atoms with Gasteiger partial charge >= 0.3 is 0 Å². The van der Waals surface area contributed by atoms with Gasteiger partial charge in [0.15, 0.2) is 0 Å². The van der Waals surface area contributed by atoms with Crippen LogP contribution < -0.4 is 10.6 Å². The van der Waals surface area contributed by atoms with Crippen LogP contribution in [-0.2, 0) is 15.6 Å². The summed E-state index contributed by atoms with van der Waals surface area (Å²) in [6.45, 7) is 2.84. The van der Waals surface area contributed by atoms with Crippen LogP contribution in [-0.4, -0.2) is 40.8 Å². The number of rotatable bonds is 7. The van der Waals surface area contributed by atoms with Gasteiger partial charge in [-0.2, -0.15) is 0 Å². The Kier molecular flexibility index (Phi) is 7.51. The summed E-state index contributed by atoms with van der Waals surface area (Å²) in [6, 6.07) is 0.237. The molecule has 1 aliphatic rings. The average Bonchev–Trinajstić information content (AvgIpc) is 2.38. The molecule has 0 radical (unpaired) electrons. The van der Waals surface area contributed by atoms with E-state index in [2.05, 4.69) is 10.6 Å². The SMILES string of the molecule is CCS(=O)C1CCCC(NC(=O)CCCNC)C1. The van der Waals surface area contributed by atoms with E-state index in [1.54, 1.807) is 0 Å². The minimum absolute atomic E-state index is 0.137. The van der Waals surface area contributed by atoms with Crippen LogP contribution in [0, 0.1) is 0 Å². The van der Waals surface area contributed by atoms with E-state index in [4.69, 9.17) is 0 Å². The van der Waals surface area contributed by atoms with E-state index in [0.29, 0.717) is 6.42 Å². The molecule has 4 nitrogen and oxygen atoms in total. The lowest BCUT2D eigenvalue weighted by atomic mass is 9.95. The molecular formula is C13H26N2O2S. The van der Waals surface area contributed by atoms with E-state index >= 15 is 0 Å². The minimum atomic E-state index is -0.717. The lowest BCUT2D eigenvalue weighted by Crippen LogP contribution is -2.41. The minimum Gasteiger partial charge on any atom is -0.353 e. The topological polar surface area (TPSA) is 58.2 Å². The molecule has 0 aromatic rings. The van der Waals surface area contributed by atoms with Gasteiger partial charge < -0.3 is 10.6 Å². The molecule has 0 aromatic carbocycles. The Morgan fingerprint density at radius 2 is 2.17 bits per heavy atom. The number of carbonyl (C=O) groups excluding carboxylic acids is 1. The molecule has 0 aromatic heterocycles. The molecule has 18 heavy (non-hydrogen) atoms. The van der Waals surface area contributed by atoms with E-state index < -0.39 is 10.8 Å². The summed E-state index contributed by atoms with van der Waals surface area (Å²) in [5.41, 5.74) is 0. The first-order chi connectivity index (χ1) is 8.67. The lowest BCUT2D eigenvalue weighted by Gasteiger charge is -2.29. The Morgan fingerprint density at radius 3 is 2.83 bits per heavy atom. The number of hydrogen-bond donors (Lipinski definition) is 2. The first kappa shape index (κ1) is 15.6. The first-order valence-corrected chi connectivity index (χ1v) is 8.36. The van der Waals surface area contributed by atoms with Gasteiger partial charge in [0.05, 0.1) is 0 Å². The molecule has 0 heterocycles. The highest BCUT2D eigenvalue weighted by Crippen LogP contribution is 2.23. The molecule has 5 heteroatoms. The maximum atomic E-state index is 11.8. The van der Waals surface area contributed by atoms with Crippen LogP contribution in [0.5, 0.6) is 0 Å². The molecule has 0 bridgehead atoms. The summed E-state index contributed by atoms with van der Waals surface area (Å²) < 4.78 is 11.8. The van der Waals surface area contributed by atoms with E-state index in [0.717, 1.165) is 44.4 Å². The highest BCUT2D eigenvalue weighted by Gasteiger charge is 2.26. The van der Waals surface area contributed by atoms with Crippen molar-refractivity contribution in [2.24, 2.45) is 0 Å². The second-order valence-electron chi connectivity index (χ2n) is 4.93. The van der Waals surface area contributed by atoms with Crippen molar-refractivity contribution < 1.29 is 9.00 Å². The number of amides is 1. The monoisotopic (exact) mass is 274 g/mol. The van der Waals surface area contributed by atoms with Crippen LogP contribution in [0.4, 0.5) is 0 Å². The highest BCUT2D eigenvalue weighted by molar-refractivity contribution is 7.85. The van der Waals surface area contributed by atoms with Crippen molar-refractivity contribution in [1.29, 1.82) is 0 Å². The van der Waals surface area contributed by atoms with E-state index in [1.165, 1.54) is 0 Å². The molecule has 2 N–H and O–H groups in total. The zero-order valence-corrected chi connectivity index (χ0v) is 12.4. The van der Waals surface area contributed by atoms with Gasteiger partial charge in [-0.25, -0.2) is 0 Å². The van der Waals surface area contributed by atoms with Crippen LogP contribution in [0.2, 0.25) is 0 Å². The Balaban J connectivity index is 2.29. The van der Waals surface area contributed by atoms with E-state index in [9.17, 15) is 9.00 Å². The molecule has 0 saturated heterocycles. The van der Waals surface area contributed by atoms with Gasteiger partial charge in [-0.05, 0) is 39.3 Å². The Morgan fingerprint density at radius 1 is 1.39 bits per heavy atom. The summed E-state index contributed by atoms with van der Waals surface area (Å²) in [5.74, 6) is 0.867. The molecule has 1 fully saturated rings. The third-order valence-corrected chi connectivity index (χ3v) is 5.22. The van der Waals surface area contributed by atoms with Gasteiger partial charge in [-0.15, -0.1) is 0 Å². The quantitative estimate of drug-likeness (QED) is 0.686. The van der Waals surface area contributed by atoms with Crippen LogP contribution in [0.25, 0.3) is 0 Å². The van der Waals surface area contributed by atoms with Gasteiger partial charge in [0.2, 0.25) is 5.91 Å². The Hall–Kier alpha value is -0.420. The van der Waals surface area contributed by atoms with Crippen molar-refractivity contribution in [3.05, 3.63) is 0 Å². The van der Waals surface area contributed by atoms with Crippen molar-refractivity contribution >= 4 is 16.7 Å². The predicted molar refractivity (Wildman–Crippen MR) is 76.0 cm³/mol. The maximum absolute atomic E-state index is 11.8. The molecule has 1 amide bonds. The average molecular weight is 274 g/mol. The lowest BCUT2D eigenvalue weighted by molar-refractivity contribution is -0.122. The third-order valence-electron chi connectivity index (χ3n) is 3.48.